The second-order valence-corrected chi connectivity index (χ2v) is 4.21. The van der Waals surface area contributed by atoms with Crippen LogP contribution in [0.3, 0.4) is 0 Å². The fourth-order valence-corrected chi connectivity index (χ4v) is 1.84. The summed E-state index contributed by atoms with van der Waals surface area (Å²) in [6.07, 6.45) is 3.30. The first kappa shape index (κ1) is 12.0. The van der Waals surface area contributed by atoms with Crippen molar-refractivity contribution in [2.24, 2.45) is 4.99 Å². The van der Waals surface area contributed by atoms with Crippen LogP contribution in [0.5, 0.6) is 0 Å². The third-order valence-electron chi connectivity index (χ3n) is 2.87. The highest BCUT2D eigenvalue weighted by atomic mass is 16.6. The number of imidazole rings is 1. The second kappa shape index (κ2) is 4.93. The zero-order chi connectivity index (χ0) is 13.9. The van der Waals surface area contributed by atoms with Gasteiger partial charge in [-0.1, -0.05) is 0 Å². The Morgan fingerprint density at radius 3 is 2.75 bits per heavy atom. The van der Waals surface area contributed by atoms with Gasteiger partial charge < -0.3 is 4.98 Å². The number of hydrogen-bond acceptors (Lipinski definition) is 4. The van der Waals surface area contributed by atoms with Gasteiger partial charge in [-0.25, -0.2) is 4.98 Å². The summed E-state index contributed by atoms with van der Waals surface area (Å²) >= 11 is 0. The monoisotopic (exact) mass is 266 g/mol. The molecular weight excluding hydrogens is 256 g/mol. The quantitative estimate of drug-likeness (QED) is 0.448. The molecular formula is C14H10N4O2. The van der Waals surface area contributed by atoms with Crippen molar-refractivity contribution in [2.75, 3.05) is 0 Å². The SMILES string of the molecule is O=[N+]([O-])c1ccc(C=Nc2ccc3nc[nH]c3c2)cc1. The van der Waals surface area contributed by atoms with E-state index < -0.39 is 4.92 Å². The van der Waals surface area contributed by atoms with E-state index in [-0.39, 0.29) is 5.69 Å². The maximum Gasteiger partial charge on any atom is 0.269 e. The number of rotatable bonds is 3. The Morgan fingerprint density at radius 1 is 1.20 bits per heavy atom. The molecule has 0 atom stereocenters. The fraction of sp³-hybridized carbons (Fsp3) is 0. The molecule has 0 radical (unpaired) electrons. The summed E-state index contributed by atoms with van der Waals surface area (Å²) in [5, 5.41) is 10.6. The minimum absolute atomic E-state index is 0.0704. The summed E-state index contributed by atoms with van der Waals surface area (Å²) < 4.78 is 0. The molecule has 0 unspecified atom stereocenters. The van der Waals surface area contributed by atoms with E-state index in [1.807, 2.05) is 18.2 Å². The molecule has 0 saturated heterocycles. The summed E-state index contributed by atoms with van der Waals surface area (Å²) in [7, 11) is 0. The summed E-state index contributed by atoms with van der Waals surface area (Å²) in [5.74, 6) is 0. The zero-order valence-electron chi connectivity index (χ0n) is 10.4. The first-order valence-electron chi connectivity index (χ1n) is 5.94. The van der Waals surface area contributed by atoms with Crippen molar-refractivity contribution in [2.45, 2.75) is 0 Å². The van der Waals surface area contributed by atoms with E-state index in [1.54, 1.807) is 24.7 Å². The third kappa shape index (κ3) is 2.39. The van der Waals surface area contributed by atoms with E-state index in [9.17, 15) is 10.1 Å². The molecule has 1 heterocycles. The van der Waals surface area contributed by atoms with Crippen LogP contribution in [0.2, 0.25) is 0 Å². The Balaban J connectivity index is 1.83. The molecule has 98 valence electrons. The number of nitrogens with zero attached hydrogens (tertiary/aromatic N) is 3. The maximum atomic E-state index is 10.6. The second-order valence-electron chi connectivity index (χ2n) is 4.21. The van der Waals surface area contributed by atoms with Crippen molar-refractivity contribution in [3.63, 3.8) is 0 Å². The molecule has 2 aromatic carbocycles. The van der Waals surface area contributed by atoms with Gasteiger partial charge in [-0.05, 0) is 35.9 Å². The van der Waals surface area contributed by atoms with Crippen molar-refractivity contribution in [3.8, 4) is 0 Å². The molecule has 20 heavy (non-hydrogen) atoms. The minimum atomic E-state index is -0.424. The van der Waals surface area contributed by atoms with Crippen LogP contribution >= 0.6 is 0 Å². The highest BCUT2D eigenvalue weighted by molar-refractivity contribution is 5.84. The van der Waals surface area contributed by atoms with E-state index in [4.69, 9.17) is 0 Å². The number of fused-ring (bicyclic) bond motifs is 1. The Kier molecular flexibility index (Phi) is 2.96. The van der Waals surface area contributed by atoms with Crippen LogP contribution in [0, 0.1) is 10.1 Å². The highest BCUT2D eigenvalue weighted by Crippen LogP contribution is 2.18. The average molecular weight is 266 g/mol. The lowest BCUT2D eigenvalue weighted by atomic mass is 10.2. The summed E-state index contributed by atoms with van der Waals surface area (Å²) in [5.41, 5.74) is 3.48. The molecule has 1 aromatic heterocycles. The van der Waals surface area contributed by atoms with Crippen molar-refractivity contribution in [1.29, 1.82) is 0 Å². The molecule has 0 amide bonds. The smallest absolute Gasteiger partial charge is 0.269 e. The number of benzene rings is 2. The van der Waals surface area contributed by atoms with E-state index in [2.05, 4.69) is 15.0 Å². The van der Waals surface area contributed by atoms with Gasteiger partial charge in [0.1, 0.15) is 0 Å². The number of aliphatic imine (C=N–C) groups is 1. The van der Waals surface area contributed by atoms with Crippen molar-refractivity contribution < 1.29 is 4.92 Å². The number of H-pyrrole nitrogens is 1. The molecule has 6 heteroatoms. The maximum absolute atomic E-state index is 10.6. The van der Waals surface area contributed by atoms with Crippen LogP contribution in [0.1, 0.15) is 5.56 Å². The minimum Gasteiger partial charge on any atom is -0.345 e. The van der Waals surface area contributed by atoms with Crippen molar-refractivity contribution >= 4 is 28.6 Å². The molecule has 3 aromatic rings. The Morgan fingerprint density at radius 2 is 2.00 bits per heavy atom. The predicted molar refractivity (Wildman–Crippen MR) is 76.4 cm³/mol. The fourth-order valence-electron chi connectivity index (χ4n) is 1.84. The molecule has 0 fully saturated rings. The van der Waals surface area contributed by atoms with Crippen LogP contribution in [-0.2, 0) is 0 Å². The van der Waals surface area contributed by atoms with Gasteiger partial charge >= 0.3 is 0 Å². The van der Waals surface area contributed by atoms with Gasteiger partial charge in [0.15, 0.2) is 0 Å². The standard InChI is InChI=1S/C14H10N4O2/c19-18(20)12-4-1-10(2-5-12)8-15-11-3-6-13-14(7-11)17-9-16-13/h1-9H,(H,16,17). The van der Waals surface area contributed by atoms with Gasteiger partial charge in [-0.15, -0.1) is 0 Å². The number of aromatic nitrogens is 2. The van der Waals surface area contributed by atoms with Gasteiger partial charge in [-0.3, -0.25) is 15.1 Å². The zero-order valence-corrected chi connectivity index (χ0v) is 10.4. The lowest BCUT2D eigenvalue weighted by Gasteiger charge is -1.95. The number of nitrogens with one attached hydrogen (secondary N) is 1. The third-order valence-corrected chi connectivity index (χ3v) is 2.87. The molecule has 0 aliphatic carbocycles. The molecule has 0 aliphatic rings. The van der Waals surface area contributed by atoms with E-state index >= 15 is 0 Å². The van der Waals surface area contributed by atoms with Gasteiger partial charge in [0, 0.05) is 18.3 Å². The molecule has 0 bridgehead atoms. The van der Waals surface area contributed by atoms with Crippen LogP contribution < -0.4 is 0 Å². The van der Waals surface area contributed by atoms with E-state index in [0.717, 1.165) is 22.3 Å². The highest BCUT2D eigenvalue weighted by Gasteiger charge is 2.02. The van der Waals surface area contributed by atoms with Crippen LogP contribution in [0.25, 0.3) is 11.0 Å². The number of hydrogen-bond donors (Lipinski definition) is 1. The Labute approximate surface area is 114 Å². The number of non-ortho nitro benzene ring substituents is 1. The predicted octanol–water partition coefficient (Wildman–Crippen LogP) is 3.22. The molecule has 0 saturated carbocycles. The lowest BCUT2D eigenvalue weighted by Crippen LogP contribution is -1.88. The number of nitro benzene ring substituents is 1. The summed E-state index contributed by atoms with van der Waals surface area (Å²) in [4.78, 5) is 21.6. The topological polar surface area (TPSA) is 84.2 Å². The van der Waals surface area contributed by atoms with Crippen LogP contribution in [0.4, 0.5) is 11.4 Å². The molecule has 1 N–H and O–H groups in total. The van der Waals surface area contributed by atoms with Crippen molar-refractivity contribution in [3.05, 3.63) is 64.5 Å². The van der Waals surface area contributed by atoms with Gasteiger partial charge in [0.05, 0.1) is 28.0 Å². The van der Waals surface area contributed by atoms with Gasteiger partial charge in [-0.2, -0.15) is 0 Å². The summed E-state index contributed by atoms with van der Waals surface area (Å²) in [6, 6.07) is 11.9. The average Bonchev–Trinajstić information content (AvgIpc) is 2.93. The summed E-state index contributed by atoms with van der Waals surface area (Å²) in [6.45, 7) is 0. The Hall–Kier alpha value is -3.02. The molecule has 6 nitrogen and oxygen atoms in total. The van der Waals surface area contributed by atoms with Gasteiger partial charge in [0.25, 0.3) is 5.69 Å². The Bertz CT molecular complexity index is 790. The van der Waals surface area contributed by atoms with Crippen molar-refractivity contribution in [1.82, 2.24) is 9.97 Å². The van der Waals surface area contributed by atoms with Crippen LogP contribution in [-0.4, -0.2) is 21.1 Å². The first-order chi connectivity index (χ1) is 9.72. The first-order valence-corrected chi connectivity index (χ1v) is 5.94. The molecule has 3 rings (SSSR count). The molecule has 0 spiro atoms. The molecule has 0 aliphatic heterocycles. The van der Waals surface area contributed by atoms with Gasteiger partial charge in [0.2, 0.25) is 0 Å². The van der Waals surface area contributed by atoms with E-state index in [1.165, 1.54) is 12.1 Å². The number of nitro groups is 1. The normalized spacial score (nSPS) is 11.2. The lowest BCUT2D eigenvalue weighted by molar-refractivity contribution is -0.384. The van der Waals surface area contributed by atoms with Crippen LogP contribution in [0.15, 0.2) is 53.8 Å². The largest absolute Gasteiger partial charge is 0.345 e. The van der Waals surface area contributed by atoms with E-state index in [0.29, 0.717) is 0 Å². The number of aromatic amines is 1.